The third-order valence-electron chi connectivity index (χ3n) is 2.14. The summed E-state index contributed by atoms with van der Waals surface area (Å²) in [5.74, 6) is -1.23. The van der Waals surface area contributed by atoms with E-state index in [1.54, 1.807) is 0 Å². The molecule has 1 rings (SSSR count). The van der Waals surface area contributed by atoms with E-state index in [4.69, 9.17) is 5.11 Å². The number of carboxylic acids is 1. The van der Waals surface area contributed by atoms with Crippen molar-refractivity contribution in [3.05, 3.63) is 12.2 Å². The molecule has 0 bridgehead atoms. The zero-order valence-electron chi connectivity index (χ0n) is 9.06. The van der Waals surface area contributed by atoms with Crippen molar-refractivity contribution in [3.8, 4) is 0 Å². The van der Waals surface area contributed by atoms with E-state index in [9.17, 15) is 9.59 Å². The summed E-state index contributed by atoms with van der Waals surface area (Å²) in [6.45, 7) is 2.97. The quantitative estimate of drug-likeness (QED) is 0.677. The Morgan fingerprint density at radius 1 is 1.56 bits per heavy atom. The van der Waals surface area contributed by atoms with Crippen LogP contribution >= 0.6 is 0 Å². The van der Waals surface area contributed by atoms with Crippen LogP contribution in [-0.2, 0) is 16.0 Å². The highest BCUT2D eigenvalue weighted by Gasteiger charge is 2.35. The van der Waals surface area contributed by atoms with Crippen LogP contribution < -0.4 is 5.32 Å². The monoisotopic (exact) mass is 227 g/mol. The summed E-state index contributed by atoms with van der Waals surface area (Å²) >= 11 is 0. The van der Waals surface area contributed by atoms with Gasteiger partial charge in [-0.3, -0.25) is 9.59 Å². The average molecular weight is 227 g/mol. The van der Waals surface area contributed by atoms with Crippen molar-refractivity contribution >= 4 is 11.9 Å². The molecule has 1 heterocycles. The van der Waals surface area contributed by atoms with E-state index in [0.29, 0.717) is 12.2 Å². The summed E-state index contributed by atoms with van der Waals surface area (Å²) in [6.07, 6.45) is 1.59. The first-order chi connectivity index (χ1) is 7.44. The molecule has 88 valence electrons. The van der Waals surface area contributed by atoms with Crippen LogP contribution in [0.1, 0.15) is 19.7 Å². The number of carbonyl (C=O) groups excluding carboxylic acids is 1. The molecule has 0 unspecified atom stereocenters. The van der Waals surface area contributed by atoms with Crippen LogP contribution in [0.4, 0.5) is 0 Å². The minimum atomic E-state index is -1.43. The fraction of sp³-hybridized carbons (Fsp3) is 0.556. The minimum Gasteiger partial charge on any atom is -0.480 e. The molecule has 1 aromatic rings. The molecule has 0 aromatic carbocycles. The fourth-order valence-corrected chi connectivity index (χ4v) is 0.909. The molecule has 0 saturated carbocycles. The Morgan fingerprint density at radius 2 is 2.25 bits per heavy atom. The van der Waals surface area contributed by atoms with Gasteiger partial charge in [-0.15, -0.1) is 0 Å². The van der Waals surface area contributed by atoms with Crippen molar-refractivity contribution in [2.24, 2.45) is 5.41 Å². The lowest BCUT2D eigenvalue weighted by Crippen LogP contribution is -2.43. The first kappa shape index (κ1) is 12.2. The van der Waals surface area contributed by atoms with Crippen molar-refractivity contribution in [2.75, 3.05) is 6.54 Å². The van der Waals surface area contributed by atoms with Crippen LogP contribution in [0.3, 0.4) is 0 Å². The lowest BCUT2D eigenvalue weighted by molar-refractivity contribution is -0.153. The van der Waals surface area contributed by atoms with E-state index < -0.39 is 17.3 Å². The number of aromatic nitrogens is 2. The molecule has 0 fully saturated rings. The highest BCUT2D eigenvalue weighted by Crippen LogP contribution is 2.14. The zero-order chi connectivity index (χ0) is 12.2. The molecule has 16 heavy (non-hydrogen) atoms. The van der Waals surface area contributed by atoms with Crippen molar-refractivity contribution < 1.29 is 19.2 Å². The molecule has 0 spiro atoms. The van der Waals surface area contributed by atoms with Crippen molar-refractivity contribution in [3.63, 3.8) is 0 Å². The molecule has 0 saturated heterocycles. The summed E-state index contributed by atoms with van der Waals surface area (Å²) < 4.78 is 4.51. The van der Waals surface area contributed by atoms with E-state index in [0.717, 1.165) is 0 Å². The summed E-state index contributed by atoms with van der Waals surface area (Å²) in [5.41, 5.74) is -1.43. The van der Waals surface area contributed by atoms with Crippen molar-refractivity contribution in [1.29, 1.82) is 0 Å². The van der Waals surface area contributed by atoms with Crippen molar-refractivity contribution in [2.45, 2.75) is 20.3 Å². The SMILES string of the molecule is CC(C)(C(=O)O)C(=O)NCCc1ncon1. The standard InChI is InChI=1S/C9H13N3O4/c1-9(2,8(14)15)7(13)10-4-3-6-11-5-16-12-6/h5H,3-4H2,1-2H3,(H,10,13)(H,14,15). The second kappa shape index (κ2) is 4.73. The van der Waals surface area contributed by atoms with Gasteiger partial charge in [0.2, 0.25) is 12.3 Å². The fourth-order valence-electron chi connectivity index (χ4n) is 0.909. The van der Waals surface area contributed by atoms with Crippen LogP contribution in [0, 0.1) is 5.41 Å². The lowest BCUT2D eigenvalue weighted by Gasteiger charge is -2.17. The van der Waals surface area contributed by atoms with E-state index >= 15 is 0 Å². The topological polar surface area (TPSA) is 105 Å². The molecule has 7 nitrogen and oxygen atoms in total. The van der Waals surface area contributed by atoms with Gasteiger partial charge in [0.15, 0.2) is 5.82 Å². The molecule has 7 heteroatoms. The first-order valence-corrected chi connectivity index (χ1v) is 4.71. The Balaban J connectivity index is 2.39. The molecule has 1 aromatic heterocycles. The van der Waals surface area contributed by atoms with Crippen LogP contribution in [0.25, 0.3) is 0 Å². The van der Waals surface area contributed by atoms with Crippen LogP contribution in [0.15, 0.2) is 10.9 Å². The number of amides is 1. The van der Waals surface area contributed by atoms with Gasteiger partial charge in [0.25, 0.3) is 0 Å². The molecule has 0 aliphatic carbocycles. The maximum atomic E-state index is 11.5. The maximum Gasteiger partial charge on any atom is 0.318 e. The number of hydrogen-bond donors (Lipinski definition) is 2. The van der Waals surface area contributed by atoms with E-state index in [2.05, 4.69) is 20.0 Å². The Morgan fingerprint density at radius 3 is 2.75 bits per heavy atom. The number of hydrogen-bond acceptors (Lipinski definition) is 5. The molecule has 2 N–H and O–H groups in total. The Bertz CT molecular complexity index is 372. The van der Waals surface area contributed by atoms with Crippen LogP contribution in [0.5, 0.6) is 0 Å². The number of carboxylic acid groups (broad SMARTS) is 1. The maximum absolute atomic E-state index is 11.5. The number of nitrogens with zero attached hydrogens (tertiary/aromatic N) is 2. The molecular formula is C9H13N3O4. The van der Waals surface area contributed by atoms with Crippen LogP contribution in [-0.4, -0.2) is 33.7 Å². The summed E-state index contributed by atoms with van der Waals surface area (Å²) in [6, 6.07) is 0. The predicted octanol–water partition coefficient (Wildman–Crippen LogP) is -0.161. The highest BCUT2D eigenvalue weighted by molar-refractivity contribution is 6.00. The largest absolute Gasteiger partial charge is 0.480 e. The molecule has 1 amide bonds. The smallest absolute Gasteiger partial charge is 0.318 e. The highest BCUT2D eigenvalue weighted by atomic mass is 16.5. The normalized spacial score (nSPS) is 11.1. The summed E-state index contributed by atoms with van der Waals surface area (Å²) in [7, 11) is 0. The first-order valence-electron chi connectivity index (χ1n) is 4.71. The lowest BCUT2D eigenvalue weighted by atomic mass is 9.93. The zero-order valence-corrected chi connectivity index (χ0v) is 9.06. The summed E-state index contributed by atoms with van der Waals surface area (Å²) in [4.78, 5) is 26.0. The van der Waals surface area contributed by atoms with E-state index in [-0.39, 0.29) is 6.54 Å². The Kier molecular flexibility index (Phi) is 3.60. The van der Waals surface area contributed by atoms with Gasteiger partial charge < -0.3 is 14.9 Å². The van der Waals surface area contributed by atoms with Gasteiger partial charge in [0.1, 0.15) is 5.41 Å². The number of rotatable bonds is 5. The third-order valence-corrected chi connectivity index (χ3v) is 2.14. The second-order valence-corrected chi connectivity index (χ2v) is 3.78. The number of nitrogens with one attached hydrogen (secondary N) is 1. The molecular weight excluding hydrogens is 214 g/mol. The van der Waals surface area contributed by atoms with Gasteiger partial charge in [-0.2, -0.15) is 4.98 Å². The summed E-state index contributed by atoms with van der Waals surface area (Å²) in [5, 5.41) is 14.9. The molecule has 0 aliphatic heterocycles. The van der Waals surface area contributed by atoms with Gasteiger partial charge >= 0.3 is 5.97 Å². The second-order valence-electron chi connectivity index (χ2n) is 3.78. The predicted molar refractivity (Wildman–Crippen MR) is 52.4 cm³/mol. The molecule has 0 aliphatic rings. The van der Waals surface area contributed by atoms with Gasteiger partial charge in [-0.1, -0.05) is 5.16 Å². The average Bonchev–Trinajstić information content (AvgIpc) is 2.70. The van der Waals surface area contributed by atoms with Gasteiger partial charge in [-0.25, -0.2) is 0 Å². The van der Waals surface area contributed by atoms with Gasteiger partial charge in [0.05, 0.1) is 0 Å². The third kappa shape index (κ3) is 2.78. The van der Waals surface area contributed by atoms with Gasteiger partial charge in [0, 0.05) is 13.0 Å². The minimum absolute atomic E-state index is 0.273. The van der Waals surface area contributed by atoms with Gasteiger partial charge in [-0.05, 0) is 13.8 Å². The Labute approximate surface area is 91.8 Å². The van der Waals surface area contributed by atoms with E-state index in [1.165, 1.54) is 20.2 Å². The molecule has 0 radical (unpaired) electrons. The number of carbonyl (C=O) groups is 2. The van der Waals surface area contributed by atoms with Crippen molar-refractivity contribution in [1.82, 2.24) is 15.5 Å². The van der Waals surface area contributed by atoms with E-state index in [1.807, 2.05) is 0 Å². The number of aliphatic carboxylic acids is 1. The molecule has 0 atom stereocenters. The Hall–Kier alpha value is -1.92. The van der Waals surface area contributed by atoms with Crippen LogP contribution in [0.2, 0.25) is 0 Å².